The highest BCUT2D eigenvalue weighted by atomic mass is 31.1. The highest BCUT2D eigenvalue weighted by molar-refractivity contribution is 7.49. The highest BCUT2D eigenvalue weighted by Gasteiger charge is 2.34. The molecule has 0 aliphatic carbocycles. The van der Waals surface area contributed by atoms with E-state index in [1.54, 1.807) is 0 Å². The molecule has 3 heteroatoms. The summed E-state index contributed by atoms with van der Waals surface area (Å²) < 4.78 is 6.62. The van der Waals surface area contributed by atoms with Gasteiger partial charge in [-0.05, 0) is 74.7 Å². The summed E-state index contributed by atoms with van der Waals surface area (Å²) in [5.74, 6) is 1.04. The summed E-state index contributed by atoms with van der Waals surface area (Å²) in [7, 11) is 0.594. The van der Waals surface area contributed by atoms with E-state index in [1.165, 1.54) is 38.7 Å². The molecule has 0 bridgehead atoms. The number of hydrogen-bond donors (Lipinski definition) is 0. The van der Waals surface area contributed by atoms with E-state index in [2.05, 4.69) is 114 Å². The zero-order chi connectivity index (χ0) is 27.1. The largest absolute Gasteiger partial charge is 0.488 e. The molecule has 4 aromatic rings. The molecule has 38 heavy (non-hydrogen) atoms. The normalized spacial score (nSPS) is 12.3. The lowest BCUT2D eigenvalue weighted by molar-refractivity contribution is 0.296. The standard InChI is InChI=1S/C35H40NOP/c1-7-35(8-2,32-23-25(3)22-27(5)33(32)37-24-29-17-11-9-12-18-29)38-34-26(4)16-15-21-31(34)28(6)36-30-19-13-10-14-20-30/h9-23,38H,7-8,24H2,1-6H3. The summed E-state index contributed by atoms with van der Waals surface area (Å²) in [6.45, 7) is 14.0. The maximum Gasteiger partial charge on any atom is 0.126 e. The van der Waals surface area contributed by atoms with Crippen LogP contribution >= 0.6 is 8.58 Å². The van der Waals surface area contributed by atoms with Crippen molar-refractivity contribution in [2.24, 2.45) is 4.99 Å². The lowest BCUT2D eigenvalue weighted by Gasteiger charge is -2.36. The fourth-order valence-electron chi connectivity index (χ4n) is 5.24. The van der Waals surface area contributed by atoms with Crippen LogP contribution < -0.4 is 10.0 Å². The van der Waals surface area contributed by atoms with Gasteiger partial charge in [-0.25, -0.2) is 0 Å². The van der Waals surface area contributed by atoms with Crippen molar-refractivity contribution in [1.82, 2.24) is 0 Å². The third kappa shape index (κ3) is 6.25. The number of ether oxygens (including phenoxy) is 1. The van der Waals surface area contributed by atoms with Gasteiger partial charge in [-0.1, -0.05) is 107 Å². The third-order valence-electron chi connectivity index (χ3n) is 7.45. The fraction of sp³-hybridized carbons (Fsp3) is 0.286. The molecular formula is C35H40NOP. The van der Waals surface area contributed by atoms with E-state index in [9.17, 15) is 0 Å². The van der Waals surface area contributed by atoms with Gasteiger partial charge in [0.05, 0.1) is 5.69 Å². The summed E-state index contributed by atoms with van der Waals surface area (Å²) >= 11 is 0. The van der Waals surface area contributed by atoms with Crippen LogP contribution in [-0.4, -0.2) is 5.71 Å². The predicted octanol–water partition coefficient (Wildman–Crippen LogP) is 9.35. The van der Waals surface area contributed by atoms with E-state index in [-0.39, 0.29) is 5.16 Å². The Hall–Kier alpha value is -3.22. The van der Waals surface area contributed by atoms with E-state index in [0.29, 0.717) is 15.2 Å². The minimum Gasteiger partial charge on any atom is -0.488 e. The first-order valence-corrected chi connectivity index (χ1v) is 14.6. The van der Waals surface area contributed by atoms with E-state index in [0.717, 1.165) is 30.0 Å². The molecule has 0 N–H and O–H groups in total. The maximum absolute atomic E-state index is 6.62. The van der Waals surface area contributed by atoms with Crippen molar-refractivity contribution in [2.75, 3.05) is 0 Å². The molecule has 0 aliphatic rings. The summed E-state index contributed by atoms with van der Waals surface area (Å²) in [5.41, 5.74) is 9.63. The molecule has 0 saturated carbocycles. The molecule has 196 valence electrons. The van der Waals surface area contributed by atoms with Gasteiger partial charge >= 0.3 is 0 Å². The van der Waals surface area contributed by atoms with E-state index >= 15 is 0 Å². The van der Waals surface area contributed by atoms with Crippen LogP contribution in [0.15, 0.2) is 96.0 Å². The van der Waals surface area contributed by atoms with Gasteiger partial charge in [0, 0.05) is 22.0 Å². The first kappa shape index (κ1) is 27.8. The Morgan fingerprint density at radius 2 is 1.45 bits per heavy atom. The molecule has 0 aliphatic heterocycles. The smallest absolute Gasteiger partial charge is 0.126 e. The average molecular weight is 522 g/mol. The molecule has 4 aromatic carbocycles. The van der Waals surface area contributed by atoms with E-state index < -0.39 is 0 Å². The number of nitrogens with zero attached hydrogens (tertiary/aromatic N) is 1. The Balaban J connectivity index is 1.79. The number of aryl methyl sites for hydroxylation is 3. The summed E-state index contributed by atoms with van der Waals surface area (Å²) in [6, 6.07) is 32.0. The second kappa shape index (κ2) is 12.5. The topological polar surface area (TPSA) is 21.6 Å². The number of hydrogen-bond acceptors (Lipinski definition) is 2. The number of aliphatic imine (C=N–C) groups is 1. The van der Waals surface area contributed by atoms with Crippen LogP contribution in [0.1, 0.15) is 67.0 Å². The fourth-order valence-corrected chi connectivity index (χ4v) is 7.07. The van der Waals surface area contributed by atoms with Crippen LogP contribution in [0.25, 0.3) is 0 Å². The quantitative estimate of drug-likeness (QED) is 0.150. The SMILES string of the molecule is CCC(CC)(Pc1c(C)cccc1C(C)=Nc1ccccc1)c1cc(C)cc(C)c1OCc1ccccc1. The van der Waals surface area contributed by atoms with Gasteiger partial charge in [0.2, 0.25) is 0 Å². The molecule has 2 nitrogen and oxygen atoms in total. The van der Waals surface area contributed by atoms with Gasteiger partial charge in [-0.15, -0.1) is 0 Å². The monoisotopic (exact) mass is 521 g/mol. The van der Waals surface area contributed by atoms with E-state index in [1.807, 2.05) is 18.2 Å². The third-order valence-corrected chi connectivity index (χ3v) is 9.82. The molecule has 0 fully saturated rings. The van der Waals surface area contributed by atoms with E-state index in [4.69, 9.17) is 9.73 Å². The van der Waals surface area contributed by atoms with Crippen molar-refractivity contribution in [3.63, 3.8) is 0 Å². The van der Waals surface area contributed by atoms with Gasteiger partial charge in [0.25, 0.3) is 0 Å². The van der Waals surface area contributed by atoms with Gasteiger partial charge in [0.15, 0.2) is 0 Å². The Bertz CT molecular complexity index is 1390. The second-order valence-corrected chi connectivity index (χ2v) is 11.9. The zero-order valence-corrected chi connectivity index (χ0v) is 24.6. The Morgan fingerprint density at radius 1 is 0.789 bits per heavy atom. The Morgan fingerprint density at radius 3 is 2.11 bits per heavy atom. The molecule has 4 rings (SSSR count). The van der Waals surface area contributed by atoms with Crippen LogP contribution in [0.3, 0.4) is 0 Å². The molecule has 0 heterocycles. The van der Waals surface area contributed by atoms with Gasteiger partial charge in [-0.2, -0.15) is 0 Å². The summed E-state index contributed by atoms with van der Waals surface area (Å²) in [6.07, 6.45) is 2.07. The lowest BCUT2D eigenvalue weighted by Crippen LogP contribution is -2.26. The number of para-hydroxylation sites is 1. The molecule has 1 atom stereocenters. The minimum atomic E-state index is -0.0311. The van der Waals surface area contributed by atoms with Crippen LogP contribution in [0.2, 0.25) is 0 Å². The first-order chi connectivity index (χ1) is 18.4. The highest BCUT2D eigenvalue weighted by Crippen LogP contribution is 2.52. The van der Waals surface area contributed by atoms with Crippen molar-refractivity contribution >= 4 is 25.3 Å². The van der Waals surface area contributed by atoms with Crippen LogP contribution in [0.5, 0.6) is 5.75 Å². The Labute approximate surface area is 231 Å². The molecule has 0 spiro atoms. The zero-order valence-electron chi connectivity index (χ0n) is 23.6. The van der Waals surface area contributed by atoms with Crippen molar-refractivity contribution < 1.29 is 4.74 Å². The minimum absolute atomic E-state index is 0.0311. The average Bonchev–Trinajstić information content (AvgIpc) is 2.93. The molecular weight excluding hydrogens is 481 g/mol. The lowest BCUT2D eigenvalue weighted by atomic mass is 9.89. The van der Waals surface area contributed by atoms with Crippen molar-refractivity contribution in [3.8, 4) is 5.75 Å². The maximum atomic E-state index is 6.62. The van der Waals surface area contributed by atoms with Crippen LogP contribution in [-0.2, 0) is 11.8 Å². The first-order valence-electron chi connectivity index (χ1n) is 13.6. The predicted molar refractivity (Wildman–Crippen MR) is 166 cm³/mol. The van der Waals surface area contributed by atoms with Crippen molar-refractivity contribution in [1.29, 1.82) is 0 Å². The molecule has 0 saturated heterocycles. The van der Waals surface area contributed by atoms with Crippen molar-refractivity contribution in [3.05, 3.63) is 124 Å². The molecule has 1 unspecified atom stereocenters. The molecule has 0 radical (unpaired) electrons. The van der Waals surface area contributed by atoms with Gasteiger partial charge in [-0.3, -0.25) is 4.99 Å². The Kier molecular flexibility index (Phi) is 9.18. The van der Waals surface area contributed by atoms with Crippen LogP contribution in [0, 0.1) is 20.8 Å². The number of rotatable bonds is 10. The summed E-state index contributed by atoms with van der Waals surface area (Å²) in [5, 5.41) is 1.37. The second-order valence-electron chi connectivity index (χ2n) is 10.2. The summed E-state index contributed by atoms with van der Waals surface area (Å²) in [4.78, 5) is 4.99. The van der Waals surface area contributed by atoms with Gasteiger partial charge in [0.1, 0.15) is 12.4 Å². The van der Waals surface area contributed by atoms with Crippen LogP contribution in [0.4, 0.5) is 5.69 Å². The van der Waals surface area contributed by atoms with Gasteiger partial charge < -0.3 is 4.74 Å². The molecule has 0 amide bonds. The number of benzene rings is 4. The molecule has 0 aromatic heterocycles. The van der Waals surface area contributed by atoms with Crippen molar-refractivity contribution in [2.45, 2.75) is 66.1 Å².